The van der Waals surface area contributed by atoms with Crippen molar-refractivity contribution in [1.82, 2.24) is 24.7 Å². The van der Waals surface area contributed by atoms with Gasteiger partial charge in [0.15, 0.2) is 5.16 Å². The number of carboxylic acids is 1. The Kier molecular flexibility index (Phi) is 5.05. The average Bonchev–Trinajstić information content (AvgIpc) is 2.81. The molecule has 0 aromatic carbocycles. The molecule has 106 valence electrons. The summed E-state index contributed by atoms with van der Waals surface area (Å²) in [4.78, 5) is 18.7. The van der Waals surface area contributed by atoms with Gasteiger partial charge >= 0.3 is 5.97 Å². The number of aliphatic carboxylic acids is 1. The van der Waals surface area contributed by atoms with Crippen LogP contribution < -0.4 is 0 Å². The predicted molar refractivity (Wildman–Crippen MR) is 73.5 cm³/mol. The van der Waals surface area contributed by atoms with E-state index in [0.29, 0.717) is 11.7 Å². The van der Waals surface area contributed by atoms with Gasteiger partial charge in [-0.2, -0.15) is 0 Å². The standard InChI is InChI=1S/C12H15N5O2S/c1-2-3-10-15-16-12(20-7-11(18)19)17(10)6-9-4-5-13-8-14-9/h4-5,8H,2-3,6-7H2,1H3,(H,18,19). The lowest BCUT2D eigenvalue weighted by Gasteiger charge is -2.08. The number of hydrogen-bond donors (Lipinski definition) is 1. The second-order valence-electron chi connectivity index (χ2n) is 4.12. The van der Waals surface area contributed by atoms with Crippen LogP contribution in [0, 0.1) is 0 Å². The van der Waals surface area contributed by atoms with E-state index in [1.54, 1.807) is 6.20 Å². The predicted octanol–water partition coefficient (Wildman–Crippen LogP) is 1.25. The molecule has 2 aromatic rings. The van der Waals surface area contributed by atoms with E-state index in [0.717, 1.165) is 24.4 Å². The molecule has 2 aromatic heterocycles. The Balaban J connectivity index is 2.22. The van der Waals surface area contributed by atoms with Crippen molar-refractivity contribution in [2.24, 2.45) is 0 Å². The van der Waals surface area contributed by atoms with E-state index >= 15 is 0 Å². The molecule has 0 radical (unpaired) electrons. The second kappa shape index (κ2) is 6.99. The summed E-state index contributed by atoms with van der Waals surface area (Å²) < 4.78 is 1.92. The highest BCUT2D eigenvalue weighted by atomic mass is 32.2. The molecule has 0 bridgehead atoms. The fourth-order valence-corrected chi connectivity index (χ4v) is 2.37. The van der Waals surface area contributed by atoms with E-state index in [2.05, 4.69) is 27.1 Å². The smallest absolute Gasteiger partial charge is 0.313 e. The highest BCUT2D eigenvalue weighted by Gasteiger charge is 2.14. The minimum Gasteiger partial charge on any atom is -0.481 e. The molecular formula is C12H15N5O2S. The van der Waals surface area contributed by atoms with E-state index in [-0.39, 0.29) is 5.75 Å². The quantitative estimate of drug-likeness (QED) is 0.768. The maximum Gasteiger partial charge on any atom is 0.313 e. The lowest BCUT2D eigenvalue weighted by molar-refractivity contribution is -0.133. The van der Waals surface area contributed by atoms with Crippen molar-refractivity contribution in [3.05, 3.63) is 30.1 Å². The Bertz CT molecular complexity index is 572. The molecular weight excluding hydrogens is 278 g/mol. The first-order chi connectivity index (χ1) is 9.70. The molecule has 0 saturated heterocycles. The van der Waals surface area contributed by atoms with Crippen molar-refractivity contribution in [3.63, 3.8) is 0 Å². The Hall–Kier alpha value is -1.96. The average molecular weight is 293 g/mol. The molecule has 0 fully saturated rings. The van der Waals surface area contributed by atoms with Crippen molar-refractivity contribution >= 4 is 17.7 Å². The van der Waals surface area contributed by atoms with Crippen molar-refractivity contribution in [2.45, 2.75) is 31.5 Å². The highest BCUT2D eigenvalue weighted by molar-refractivity contribution is 7.99. The number of hydrogen-bond acceptors (Lipinski definition) is 6. The Morgan fingerprint density at radius 1 is 1.45 bits per heavy atom. The zero-order valence-electron chi connectivity index (χ0n) is 11.1. The van der Waals surface area contributed by atoms with Crippen LogP contribution >= 0.6 is 11.8 Å². The van der Waals surface area contributed by atoms with Gasteiger partial charge in [0.25, 0.3) is 0 Å². The topological polar surface area (TPSA) is 93.8 Å². The fourth-order valence-electron chi connectivity index (χ4n) is 1.69. The van der Waals surface area contributed by atoms with Crippen molar-refractivity contribution in [3.8, 4) is 0 Å². The first-order valence-electron chi connectivity index (χ1n) is 6.22. The van der Waals surface area contributed by atoms with Gasteiger partial charge in [0, 0.05) is 12.6 Å². The van der Waals surface area contributed by atoms with Crippen LogP contribution in [-0.2, 0) is 17.8 Å². The number of aromatic nitrogens is 5. The molecule has 0 aliphatic heterocycles. The van der Waals surface area contributed by atoms with Crippen LogP contribution in [0.4, 0.5) is 0 Å². The molecule has 2 heterocycles. The van der Waals surface area contributed by atoms with Gasteiger partial charge in [-0.3, -0.25) is 9.36 Å². The summed E-state index contributed by atoms with van der Waals surface area (Å²) in [6.45, 7) is 2.58. The number of carboxylic acid groups (broad SMARTS) is 1. The van der Waals surface area contributed by atoms with Crippen LogP contribution in [0.1, 0.15) is 24.9 Å². The van der Waals surface area contributed by atoms with Crippen LogP contribution in [0.25, 0.3) is 0 Å². The van der Waals surface area contributed by atoms with E-state index < -0.39 is 5.97 Å². The molecule has 0 amide bonds. The molecule has 20 heavy (non-hydrogen) atoms. The van der Waals surface area contributed by atoms with Gasteiger partial charge in [0.1, 0.15) is 12.2 Å². The summed E-state index contributed by atoms with van der Waals surface area (Å²) in [5, 5.41) is 17.6. The zero-order valence-corrected chi connectivity index (χ0v) is 11.9. The molecule has 0 saturated carbocycles. The number of carbonyl (C=O) groups is 1. The van der Waals surface area contributed by atoms with Gasteiger partial charge in [0.05, 0.1) is 18.0 Å². The Morgan fingerprint density at radius 3 is 2.95 bits per heavy atom. The SMILES string of the molecule is CCCc1nnc(SCC(=O)O)n1Cc1ccncn1. The van der Waals surface area contributed by atoms with Crippen molar-refractivity contribution in [2.75, 3.05) is 5.75 Å². The number of nitrogens with zero attached hydrogens (tertiary/aromatic N) is 5. The fraction of sp³-hybridized carbons (Fsp3) is 0.417. The van der Waals surface area contributed by atoms with Gasteiger partial charge in [-0.1, -0.05) is 18.7 Å². The number of aryl methyl sites for hydroxylation is 1. The Morgan fingerprint density at radius 2 is 2.30 bits per heavy atom. The lowest BCUT2D eigenvalue weighted by atomic mass is 10.3. The second-order valence-corrected chi connectivity index (χ2v) is 5.06. The van der Waals surface area contributed by atoms with Crippen LogP contribution in [0.2, 0.25) is 0 Å². The maximum atomic E-state index is 10.7. The highest BCUT2D eigenvalue weighted by Crippen LogP contribution is 2.18. The monoisotopic (exact) mass is 293 g/mol. The molecule has 1 N–H and O–H groups in total. The molecule has 0 spiro atoms. The van der Waals surface area contributed by atoms with Gasteiger partial charge in [-0.15, -0.1) is 10.2 Å². The molecule has 7 nitrogen and oxygen atoms in total. The first-order valence-corrected chi connectivity index (χ1v) is 7.20. The van der Waals surface area contributed by atoms with E-state index in [1.807, 2.05) is 10.6 Å². The number of thioether (sulfide) groups is 1. The van der Waals surface area contributed by atoms with Crippen molar-refractivity contribution < 1.29 is 9.90 Å². The molecule has 8 heteroatoms. The largest absolute Gasteiger partial charge is 0.481 e. The summed E-state index contributed by atoms with van der Waals surface area (Å²) in [5.74, 6) is -0.0590. The third-order valence-corrected chi connectivity index (χ3v) is 3.51. The summed E-state index contributed by atoms with van der Waals surface area (Å²) in [5.41, 5.74) is 0.842. The van der Waals surface area contributed by atoms with Crippen molar-refractivity contribution in [1.29, 1.82) is 0 Å². The third-order valence-electron chi connectivity index (χ3n) is 2.56. The van der Waals surface area contributed by atoms with Crippen LogP contribution in [0.15, 0.2) is 23.7 Å². The normalized spacial score (nSPS) is 10.7. The van der Waals surface area contributed by atoms with Crippen LogP contribution in [0.5, 0.6) is 0 Å². The molecule has 0 unspecified atom stereocenters. The summed E-state index contributed by atoms with van der Waals surface area (Å²) >= 11 is 1.17. The van der Waals surface area contributed by atoms with Gasteiger partial charge in [-0.05, 0) is 12.5 Å². The van der Waals surface area contributed by atoms with Gasteiger partial charge in [0.2, 0.25) is 0 Å². The molecule has 0 atom stereocenters. The van der Waals surface area contributed by atoms with Crippen LogP contribution in [-0.4, -0.2) is 41.6 Å². The molecule has 0 aliphatic rings. The van der Waals surface area contributed by atoms with E-state index in [1.165, 1.54) is 18.1 Å². The Labute approximate surface area is 120 Å². The van der Waals surface area contributed by atoms with E-state index in [4.69, 9.17) is 5.11 Å². The van der Waals surface area contributed by atoms with Gasteiger partial charge < -0.3 is 5.11 Å². The van der Waals surface area contributed by atoms with Crippen LogP contribution in [0.3, 0.4) is 0 Å². The minimum absolute atomic E-state index is 0.0337. The first kappa shape index (κ1) is 14.4. The van der Waals surface area contributed by atoms with Gasteiger partial charge in [-0.25, -0.2) is 9.97 Å². The maximum absolute atomic E-state index is 10.7. The minimum atomic E-state index is -0.872. The molecule has 0 aliphatic carbocycles. The zero-order chi connectivity index (χ0) is 14.4. The van der Waals surface area contributed by atoms with E-state index in [9.17, 15) is 4.79 Å². The lowest BCUT2D eigenvalue weighted by Crippen LogP contribution is -2.09. The number of rotatable bonds is 7. The summed E-state index contributed by atoms with van der Waals surface area (Å²) in [7, 11) is 0. The summed E-state index contributed by atoms with van der Waals surface area (Å²) in [6, 6.07) is 1.82. The molecule has 2 rings (SSSR count). The summed E-state index contributed by atoms with van der Waals surface area (Å²) in [6.07, 6.45) is 4.91. The third kappa shape index (κ3) is 3.77.